The minimum Gasteiger partial charge on any atom is -0.292 e. The molecular formula is C53H37N5. The van der Waals surface area contributed by atoms with Gasteiger partial charge in [0.05, 0.1) is 22.1 Å². The number of nitriles is 1. The van der Waals surface area contributed by atoms with Gasteiger partial charge in [-0.05, 0) is 80.9 Å². The molecule has 10 aromatic rings. The van der Waals surface area contributed by atoms with Crippen molar-refractivity contribution in [3.63, 3.8) is 0 Å². The first-order valence-corrected chi connectivity index (χ1v) is 20.0. The highest BCUT2D eigenvalue weighted by atomic mass is 15.2. The van der Waals surface area contributed by atoms with Crippen molar-refractivity contribution in [1.29, 1.82) is 5.26 Å². The Balaban J connectivity index is 1.22. The molecule has 7 aromatic carbocycles. The molecule has 0 saturated carbocycles. The van der Waals surface area contributed by atoms with Gasteiger partial charge in [0.2, 0.25) is 0 Å². The monoisotopic (exact) mass is 743 g/mol. The summed E-state index contributed by atoms with van der Waals surface area (Å²) >= 11 is 0. The molecule has 12 rings (SSSR count). The van der Waals surface area contributed by atoms with Gasteiger partial charge in [0, 0.05) is 37.9 Å². The lowest BCUT2D eigenvalue weighted by molar-refractivity contribution is 0.661. The lowest BCUT2D eigenvalue weighted by Gasteiger charge is -2.21. The van der Waals surface area contributed by atoms with Crippen LogP contribution in [0.5, 0.6) is 0 Å². The summed E-state index contributed by atoms with van der Waals surface area (Å²) in [5, 5.41) is 16.0. The standard InChI is InChI=1S/C53H37N5/c1-52(2)41-22-12-8-18-32(41)36-28-47-38(26-43(36)52)34-20-10-14-24-45(34)57(47)50-40(30-54)51(56-49(55-50)31-16-6-5-7-17-31)58-46-25-15-11-21-35(46)39-27-44-37(29-48(39)58)33-19-9-13-23-42(33)53(44,3)4/h5-29H,1-4H3. The second kappa shape index (κ2) is 11.4. The van der Waals surface area contributed by atoms with E-state index in [2.05, 4.69) is 164 Å². The Kier molecular flexibility index (Phi) is 6.47. The van der Waals surface area contributed by atoms with Crippen LogP contribution in [-0.2, 0) is 10.8 Å². The number of rotatable bonds is 3. The van der Waals surface area contributed by atoms with Crippen molar-refractivity contribution >= 4 is 43.6 Å². The molecule has 0 spiro atoms. The second-order valence-corrected chi connectivity index (χ2v) is 16.9. The molecule has 0 amide bonds. The van der Waals surface area contributed by atoms with Gasteiger partial charge in [0.25, 0.3) is 0 Å². The van der Waals surface area contributed by atoms with E-state index in [-0.39, 0.29) is 10.8 Å². The van der Waals surface area contributed by atoms with Crippen LogP contribution in [0, 0.1) is 11.3 Å². The highest BCUT2D eigenvalue weighted by Crippen LogP contribution is 2.53. The van der Waals surface area contributed by atoms with E-state index in [1.54, 1.807) is 0 Å². The fraction of sp³-hybridized carbons (Fsp3) is 0.113. The third-order valence-corrected chi connectivity index (χ3v) is 13.2. The van der Waals surface area contributed by atoms with E-state index in [4.69, 9.17) is 9.97 Å². The minimum atomic E-state index is -0.157. The molecule has 58 heavy (non-hydrogen) atoms. The third kappa shape index (κ3) is 4.19. The Hall–Kier alpha value is -7.29. The molecule has 274 valence electrons. The molecule has 5 heteroatoms. The molecule has 0 radical (unpaired) electrons. The Morgan fingerprint density at radius 3 is 1.34 bits per heavy atom. The summed E-state index contributed by atoms with van der Waals surface area (Å²) in [6.45, 7) is 9.28. The van der Waals surface area contributed by atoms with E-state index in [0.29, 0.717) is 23.0 Å². The Morgan fingerprint density at radius 1 is 0.431 bits per heavy atom. The van der Waals surface area contributed by atoms with Gasteiger partial charge in [0.15, 0.2) is 17.5 Å². The molecular weight excluding hydrogens is 707 g/mol. The second-order valence-electron chi connectivity index (χ2n) is 16.9. The molecule has 3 heterocycles. The summed E-state index contributed by atoms with van der Waals surface area (Å²) in [6.07, 6.45) is 0. The molecule has 0 bridgehead atoms. The van der Waals surface area contributed by atoms with E-state index in [1.165, 1.54) is 44.5 Å². The zero-order valence-corrected chi connectivity index (χ0v) is 32.7. The number of hydrogen-bond acceptors (Lipinski definition) is 3. The van der Waals surface area contributed by atoms with Crippen molar-refractivity contribution in [2.75, 3.05) is 0 Å². The van der Waals surface area contributed by atoms with Crippen molar-refractivity contribution < 1.29 is 0 Å². The maximum atomic E-state index is 11.5. The van der Waals surface area contributed by atoms with Crippen LogP contribution < -0.4 is 0 Å². The normalized spacial score (nSPS) is 14.5. The van der Waals surface area contributed by atoms with E-state index in [1.807, 2.05) is 30.3 Å². The first kappa shape index (κ1) is 32.9. The number of hydrogen-bond donors (Lipinski definition) is 0. The van der Waals surface area contributed by atoms with Gasteiger partial charge < -0.3 is 0 Å². The van der Waals surface area contributed by atoms with Crippen molar-refractivity contribution in [2.45, 2.75) is 38.5 Å². The minimum absolute atomic E-state index is 0.157. The van der Waals surface area contributed by atoms with Crippen molar-refractivity contribution in [1.82, 2.24) is 19.1 Å². The maximum Gasteiger partial charge on any atom is 0.164 e. The third-order valence-electron chi connectivity index (χ3n) is 13.2. The molecule has 0 fully saturated rings. The summed E-state index contributed by atoms with van der Waals surface area (Å²) in [5.74, 6) is 1.67. The van der Waals surface area contributed by atoms with Crippen LogP contribution in [0.3, 0.4) is 0 Å². The SMILES string of the molecule is CC1(C)c2ccccc2-c2cc3c(cc21)c1ccccc1n3-c1nc(-c2ccccc2)nc(-n2c3ccccc3c3cc4c(cc32)-c2ccccc2C4(C)C)c1C#N. The van der Waals surface area contributed by atoms with Crippen LogP contribution in [0.25, 0.3) is 88.9 Å². The lowest BCUT2D eigenvalue weighted by atomic mass is 9.82. The van der Waals surface area contributed by atoms with E-state index in [0.717, 1.165) is 49.2 Å². The maximum absolute atomic E-state index is 11.5. The summed E-state index contributed by atoms with van der Waals surface area (Å²) in [6, 6.07) is 56.7. The predicted octanol–water partition coefficient (Wildman–Crippen LogP) is 12.8. The smallest absolute Gasteiger partial charge is 0.164 e. The summed E-state index contributed by atoms with van der Waals surface area (Å²) in [7, 11) is 0. The molecule has 0 unspecified atom stereocenters. The number of fused-ring (bicyclic) bond motifs is 12. The van der Waals surface area contributed by atoms with Gasteiger partial charge in [-0.2, -0.15) is 5.26 Å². The van der Waals surface area contributed by atoms with Gasteiger partial charge in [-0.25, -0.2) is 9.97 Å². The van der Waals surface area contributed by atoms with Crippen LogP contribution in [0.15, 0.2) is 152 Å². The van der Waals surface area contributed by atoms with Gasteiger partial charge in [0.1, 0.15) is 11.6 Å². The first-order valence-electron chi connectivity index (χ1n) is 20.0. The molecule has 0 atom stereocenters. The van der Waals surface area contributed by atoms with Gasteiger partial charge >= 0.3 is 0 Å². The van der Waals surface area contributed by atoms with E-state index in [9.17, 15) is 5.26 Å². The summed E-state index contributed by atoms with van der Waals surface area (Å²) in [5.41, 5.74) is 15.2. The van der Waals surface area contributed by atoms with Crippen LogP contribution in [0.1, 0.15) is 55.5 Å². The zero-order chi connectivity index (χ0) is 39.1. The number of aromatic nitrogens is 4. The van der Waals surface area contributed by atoms with Crippen molar-refractivity contribution in [3.05, 3.63) is 179 Å². The van der Waals surface area contributed by atoms with E-state index < -0.39 is 0 Å². The van der Waals surface area contributed by atoms with Gasteiger partial charge in [-0.3, -0.25) is 9.13 Å². The fourth-order valence-electron chi connectivity index (χ4n) is 10.4. The summed E-state index contributed by atoms with van der Waals surface area (Å²) < 4.78 is 4.42. The van der Waals surface area contributed by atoms with Crippen LogP contribution in [0.4, 0.5) is 0 Å². The molecule has 2 aliphatic carbocycles. The van der Waals surface area contributed by atoms with Gasteiger partial charge in [-0.15, -0.1) is 0 Å². The molecule has 0 aliphatic heterocycles. The highest BCUT2D eigenvalue weighted by molar-refractivity contribution is 6.13. The van der Waals surface area contributed by atoms with Crippen LogP contribution >= 0.6 is 0 Å². The molecule has 0 N–H and O–H groups in total. The number of benzene rings is 7. The average Bonchev–Trinajstić information content (AvgIpc) is 3.90. The molecule has 0 saturated heterocycles. The van der Waals surface area contributed by atoms with Crippen molar-refractivity contribution in [3.8, 4) is 51.3 Å². The van der Waals surface area contributed by atoms with Crippen molar-refractivity contribution in [2.24, 2.45) is 0 Å². The summed E-state index contributed by atoms with van der Waals surface area (Å²) in [4.78, 5) is 10.8. The first-order chi connectivity index (χ1) is 28.3. The van der Waals surface area contributed by atoms with E-state index >= 15 is 0 Å². The van der Waals surface area contributed by atoms with Gasteiger partial charge in [-0.1, -0.05) is 143 Å². The Labute approximate surface area is 336 Å². The predicted molar refractivity (Wildman–Crippen MR) is 236 cm³/mol. The van der Waals surface area contributed by atoms with Crippen LogP contribution in [-0.4, -0.2) is 19.1 Å². The van der Waals surface area contributed by atoms with Crippen LogP contribution in [0.2, 0.25) is 0 Å². The lowest BCUT2D eigenvalue weighted by Crippen LogP contribution is -2.15. The number of nitrogens with zero attached hydrogens (tertiary/aromatic N) is 5. The number of para-hydroxylation sites is 2. The molecule has 5 nitrogen and oxygen atoms in total. The highest BCUT2D eigenvalue weighted by Gasteiger charge is 2.38. The Morgan fingerprint density at radius 2 is 0.862 bits per heavy atom. The Bertz CT molecular complexity index is 3260. The quantitative estimate of drug-likeness (QED) is 0.181. The zero-order valence-electron chi connectivity index (χ0n) is 32.7. The average molecular weight is 744 g/mol. The largest absolute Gasteiger partial charge is 0.292 e. The molecule has 2 aliphatic rings. The topological polar surface area (TPSA) is 59.4 Å². The molecule has 3 aromatic heterocycles. The fourth-order valence-corrected chi connectivity index (χ4v) is 10.4.